The molecular formula is C25H20N6O2S2. The molecule has 0 spiro atoms. The molecule has 10 heteroatoms. The highest BCUT2D eigenvalue weighted by atomic mass is 32.1. The number of nitrogens with zero attached hydrogens (tertiary/aromatic N) is 4. The number of amides is 1. The number of anilines is 1. The van der Waals surface area contributed by atoms with Gasteiger partial charge in [-0.15, -0.1) is 10.2 Å². The molecule has 5 aromatic rings. The first-order chi connectivity index (χ1) is 17.0. The van der Waals surface area contributed by atoms with E-state index in [2.05, 4.69) is 25.9 Å². The molecule has 5 rings (SSSR count). The molecule has 0 radical (unpaired) electrons. The third-order valence-corrected chi connectivity index (χ3v) is 6.28. The van der Waals surface area contributed by atoms with Crippen LogP contribution >= 0.6 is 23.6 Å². The summed E-state index contributed by atoms with van der Waals surface area (Å²) in [6, 6.07) is 24.5. The first-order valence-corrected chi connectivity index (χ1v) is 12.0. The number of aromatic nitrogens is 4. The maximum absolute atomic E-state index is 12.6. The minimum Gasteiger partial charge on any atom is -0.489 e. The molecule has 0 aliphatic carbocycles. The number of hydrogen-bond acceptors (Lipinski definition) is 7. The number of rotatable bonds is 6. The molecule has 3 aromatic carbocycles. The zero-order chi connectivity index (χ0) is 24.2. The molecule has 0 aliphatic rings. The maximum atomic E-state index is 12.6. The predicted octanol–water partition coefficient (Wildman–Crippen LogP) is 4.87. The van der Waals surface area contributed by atoms with Crippen molar-refractivity contribution in [3.05, 3.63) is 95.8 Å². The van der Waals surface area contributed by atoms with Crippen LogP contribution in [0.25, 0.3) is 15.5 Å². The molecule has 0 aliphatic heterocycles. The minimum absolute atomic E-state index is 0.210. The highest BCUT2D eigenvalue weighted by Gasteiger charge is 2.11. The van der Waals surface area contributed by atoms with E-state index in [1.807, 2.05) is 61.5 Å². The van der Waals surface area contributed by atoms with E-state index >= 15 is 0 Å². The number of nitrogens with one attached hydrogen (secondary N) is 2. The second-order valence-corrected chi connectivity index (χ2v) is 9.00. The Morgan fingerprint density at radius 3 is 2.46 bits per heavy atom. The first kappa shape index (κ1) is 22.6. The minimum atomic E-state index is -0.302. The summed E-state index contributed by atoms with van der Waals surface area (Å²) >= 11 is 6.78. The van der Waals surface area contributed by atoms with Crippen LogP contribution in [0.3, 0.4) is 0 Å². The van der Waals surface area contributed by atoms with Gasteiger partial charge in [-0.2, -0.15) is 9.61 Å². The number of benzene rings is 3. The van der Waals surface area contributed by atoms with Crippen molar-refractivity contribution in [2.45, 2.75) is 13.5 Å². The molecule has 2 heterocycles. The molecule has 2 aromatic heterocycles. The zero-order valence-electron chi connectivity index (χ0n) is 18.6. The largest absolute Gasteiger partial charge is 0.489 e. The van der Waals surface area contributed by atoms with Crippen LogP contribution in [0, 0.1) is 6.92 Å². The summed E-state index contributed by atoms with van der Waals surface area (Å²) in [6.07, 6.45) is 0. The Balaban J connectivity index is 1.15. The average molecular weight is 501 g/mol. The van der Waals surface area contributed by atoms with Gasteiger partial charge in [-0.25, -0.2) is 0 Å². The highest BCUT2D eigenvalue weighted by molar-refractivity contribution is 7.80. The second-order valence-electron chi connectivity index (χ2n) is 7.63. The van der Waals surface area contributed by atoms with Crippen molar-refractivity contribution in [3.8, 4) is 16.3 Å². The lowest BCUT2D eigenvalue weighted by molar-refractivity contribution is 0.0977. The van der Waals surface area contributed by atoms with Crippen molar-refractivity contribution in [1.82, 2.24) is 25.1 Å². The van der Waals surface area contributed by atoms with Crippen molar-refractivity contribution >= 4 is 45.2 Å². The third-order valence-electron chi connectivity index (χ3n) is 5.13. The zero-order valence-corrected chi connectivity index (χ0v) is 20.3. The van der Waals surface area contributed by atoms with Crippen LogP contribution in [0.4, 0.5) is 5.69 Å². The number of ether oxygens (including phenoxy) is 1. The lowest BCUT2D eigenvalue weighted by Gasteiger charge is -2.11. The van der Waals surface area contributed by atoms with Crippen LogP contribution in [0.5, 0.6) is 5.75 Å². The van der Waals surface area contributed by atoms with E-state index in [-0.39, 0.29) is 11.0 Å². The van der Waals surface area contributed by atoms with Gasteiger partial charge in [0.25, 0.3) is 5.91 Å². The molecule has 0 fully saturated rings. The van der Waals surface area contributed by atoms with E-state index in [0.717, 1.165) is 32.6 Å². The van der Waals surface area contributed by atoms with Crippen molar-refractivity contribution in [1.29, 1.82) is 0 Å². The van der Waals surface area contributed by atoms with Crippen molar-refractivity contribution < 1.29 is 9.53 Å². The molecule has 0 saturated heterocycles. The van der Waals surface area contributed by atoms with E-state index in [1.165, 1.54) is 11.3 Å². The van der Waals surface area contributed by atoms with Crippen LogP contribution < -0.4 is 15.4 Å². The van der Waals surface area contributed by atoms with Gasteiger partial charge >= 0.3 is 0 Å². The van der Waals surface area contributed by atoms with Gasteiger partial charge in [0.1, 0.15) is 17.4 Å². The number of carbonyl (C=O) groups is 1. The Bertz CT molecular complexity index is 1480. The summed E-state index contributed by atoms with van der Waals surface area (Å²) in [5, 5.41) is 19.4. The summed E-state index contributed by atoms with van der Waals surface area (Å²) in [5.41, 5.74) is 3.26. The maximum Gasteiger partial charge on any atom is 0.257 e. The number of carbonyl (C=O) groups excluding carboxylic acids is 1. The van der Waals surface area contributed by atoms with E-state index in [4.69, 9.17) is 17.0 Å². The van der Waals surface area contributed by atoms with Crippen molar-refractivity contribution in [3.63, 3.8) is 0 Å². The molecule has 0 bridgehead atoms. The molecule has 0 atom stereocenters. The van der Waals surface area contributed by atoms with Gasteiger partial charge in [-0.3, -0.25) is 10.1 Å². The SMILES string of the molecule is Cc1nnc2sc(-c3ccc(NC(=S)NC(=O)c4ccc(OCc5ccccc5)cc4)cc3)nn12. The van der Waals surface area contributed by atoms with Crippen LogP contribution in [-0.4, -0.2) is 30.8 Å². The molecule has 0 saturated carbocycles. The number of thiocarbonyl (C=S) groups is 1. The van der Waals surface area contributed by atoms with Gasteiger partial charge in [0, 0.05) is 16.8 Å². The summed E-state index contributed by atoms with van der Waals surface area (Å²) in [4.78, 5) is 13.3. The smallest absolute Gasteiger partial charge is 0.257 e. The van der Waals surface area contributed by atoms with E-state index in [0.29, 0.717) is 17.9 Å². The summed E-state index contributed by atoms with van der Waals surface area (Å²) in [6.45, 7) is 2.33. The third kappa shape index (κ3) is 5.34. The standard InChI is InChI=1S/C25H20N6O2S2/c1-16-28-29-25-31(16)30-23(35-25)19-7-11-20(12-8-19)26-24(34)27-22(32)18-9-13-21(14-10-18)33-15-17-5-3-2-4-6-17/h2-14H,15H2,1H3,(H2,26,27,32,34). The molecule has 1 amide bonds. The lowest BCUT2D eigenvalue weighted by atomic mass is 10.2. The van der Waals surface area contributed by atoms with E-state index in [1.54, 1.807) is 28.8 Å². The van der Waals surface area contributed by atoms with Gasteiger partial charge < -0.3 is 10.1 Å². The Labute approximate surface area is 210 Å². The second kappa shape index (κ2) is 10.00. The van der Waals surface area contributed by atoms with Crippen LogP contribution in [0.2, 0.25) is 0 Å². The average Bonchev–Trinajstić information content (AvgIpc) is 3.46. The van der Waals surface area contributed by atoms with Crippen LogP contribution in [0.1, 0.15) is 21.7 Å². The molecule has 35 heavy (non-hydrogen) atoms. The molecular weight excluding hydrogens is 480 g/mol. The van der Waals surface area contributed by atoms with Gasteiger partial charge in [0.05, 0.1) is 0 Å². The predicted molar refractivity (Wildman–Crippen MR) is 140 cm³/mol. The number of aryl methyl sites for hydroxylation is 1. The molecule has 0 unspecified atom stereocenters. The summed E-state index contributed by atoms with van der Waals surface area (Å²) < 4.78 is 7.49. The first-order valence-electron chi connectivity index (χ1n) is 10.7. The van der Waals surface area contributed by atoms with Gasteiger partial charge in [0.15, 0.2) is 10.9 Å². The van der Waals surface area contributed by atoms with Gasteiger partial charge in [-0.05, 0) is 73.2 Å². The van der Waals surface area contributed by atoms with Crippen LogP contribution in [-0.2, 0) is 6.61 Å². The fourth-order valence-corrected chi connectivity index (χ4v) is 4.41. The highest BCUT2D eigenvalue weighted by Crippen LogP contribution is 2.26. The Morgan fingerprint density at radius 2 is 1.74 bits per heavy atom. The summed E-state index contributed by atoms with van der Waals surface area (Å²) in [7, 11) is 0. The number of fused-ring (bicyclic) bond motifs is 1. The summed E-state index contributed by atoms with van der Waals surface area (Å²) in [5.74, 6) is 1.13. The quantitative estimate of drug-likeness (QED) is 0.321. The lowest BCUT2D eigenvalue weighted by Crippen LogP contribution is -2.34. The Morgan fingerprint density at radius 1 is 1.00 bits per heavy atom. The van der Waals surface area contributed by atoms with Crippen molar-refractivity contribution in [2.75, 3.05) is 5.32 Å². The molecule has 174 valence electrons. The van der Waals surface area contributed by atoms with Crippen molar-refractivity contribution in [2.24, 2.45) is 0 Å². The molecule has 2 N–H and O–H groups in total. The van der Waals surface area contributed by atoms with E-state index < -0.39 is 0 Å². The normalized spacial score (nSPS) is 10.8. The Hall–Kier alpha value is -4.15. The molecule has 8 nitrogen and oxygen atoms in total. The monoisotopic (exact) mass is 500 g/mol. The van der Waals surface area contributed by atoms with Crippen LogP contribution in [0.15, 0.2) is 78.9 Å². The number of hydrogen-bond donors (Lipinski definition) is 2. The topological polar surface area (TPSA) is 93.4 Å². The fraction of sp³-hybridized carbons (Fsp3) is 0.0800. The van der Waals surface area contributed by atoms with E-state index in [9.17, 15) is 4.79 Å². The Kier molecular flexibility index (Phi) is 6.47. The fourth-order valence-electron chi connectivity index (χ4n) is 3.31. The van der Waals surface area contributed by atoms with Gasteiger partial charge in [0.2, 0.25) is 4.96 Å². The van der Waals surface area contributed by atoms with Gasteiger partial charge in [-0.1, -0.05) is 41.7 Å².